The van der Waals surface area contributed by atoms with Crippen molar-refractivity contribution in [2.75, 3.05) is 14.2 Å². The number of rotatable bonds is 4. The minimum atomic E-state index is -3.86. The average molecular weight is 365 g/mol. The first-order chi connectivity index (χ1) is 11.8. The molecule has 0 aromatic heterocycles. The smallest absolute Gasteiger partial charge is 0.335 e. The third kappa shape index (κ3) is 2.65. The molecule has 3 rings (SSSR count). The van der Waals surface area contributed by atoms with Gasteiger partial charge in [0.25, 0.3) is 0 Å². The van der Waals surface area contributed by atoms with Crippen molar-refractivity contribution in [1.82, 2.24) is 4.31 Å². The summed E-state index contributed by atoms with van der Waals surface area (Å²) >= 11 is 0. The second kappa shape index (κ2) is 6.27. The van der Waals surface area contributed by atoms with Crippen molar-refractivity contribution in [3.05, 3.63) is 41.0 Å². The van der Waals surface area contributed by atoms with Gasteiger partial charge in [0, 0.05) is 0 Å². The van der Waals surface area contributed by atoms with Crippen molar-refractivity contribution in [3.8, 4) is 0 Å². The van der Waals surface area contributed by atoms with Crippen molar-refractivity contribution in [3.63, 3.8) is 0 Å². The SMILES string of the molecule is COC(=O)C1=C(C(=O)OC)[C@@H]2CC[C@H]1N2S(=O)(=O)c1ccc(C)cc1. The van der Waals surface area contributed by atoms with E-state index in [0.717, 1.165) is 5.56 Å². The zero-order chi connectivity index (χ0) is 18.4. The highest BCUT2D eigenvalue weighted by molar-refractivity contribution is 7.89. The predicted molar refractivity (Wildman–Crippen MR) is 88.1 cm³/mol. The second-order valence-corrected chi connectivity index (χ2v) is 7.91. The summed E-state index contributed by atoms with van der Waals surface area (Å²) in [7, 11) is -1.46. The average Bonchev–Trinajstić information content (AvgIpc) is 3.17. The first-order valence-corrected chi connectivity index (χ1v) is 9.27. The minimum absolute atomic E-state index is 0.0845. The van der Waals surface area contributed by atoms with Gasteiger partial charge in [-0.2, -0.15) is 4.31 Å². The fourth-order valence-corrected chi connectivity index (χ4v) is 5.38. The quantitative estimate of drug-likeness (QED) is 0.744. The summed E-state index contributed by atoms with van der Waals surface area (Å²) in [5.41, 5.74) is 1.11. The number of aryl methyl sites for hydroxylation is 1. The Bertz CT molecular complexity index is 822. The van der Waals surface area contributed by atoms with Gasteiger partial charge in [-0.1, -0.05) is 17.7 Å². The molecule has 7 nitrogen and oxygen atoms in total. The Morgan fingerprint density at radius 2 is 1.40 bits per heavy atom. The molecule has 0 aliphatic carbocycles. The molecule has 1 aromatic rings. The van der Waals surface area contributed by atoms with Gasteiger partial charge in [-0.05, 0) is 31.9 Å². The summed E-state index contributed by atoms with van der Waals surface area (Å²) in [4.78, 5) is 24.5. The lowest BCUT2D eigenvalue weighted by atomic mass is 9.92. The van der Waals surface area contributed by atoms with Crippen molar-refractivity contribution in [1.29, 1.82) is 0 Å². The molecule has 0 spiro atoms. The number of carbonyl (C=O) groups excluding carboxylic acids is 2. The zero-order valence-corrected chi connectivity index (χ0v) is 15.0. The van der Waals surface area contributed by atoms with E-state index in [1.54, 1.807) is 12.1 Å². The van der Waals surface area contributed by atoms with Crippen LogP contribution in [0.4, 0.5) is 0 Å². The van der Waals surface area contributed by atoms with E-state index >= 15 is 0 Å². The van der Waals surface area contributed by atoms with Crippen LogP contribution in [0.15, 0.2) is 40.3 Å². The number of ether oxygens (including phenoxy) is 2. The van der Waals surface area contributed by atoms with Crippen LogP contribution in [0, 0.1) is 6.92 Å². The molecule has 2 heterocycles. The third-order valence-corrected chi connectivity index (χ3v) is 6.62. The summed E-state index contributed by atoms with van der Waals surface area (Å²) in [6, 6.07) is 5.05. The van der Waals surface area contributed by atoms with Gasteiger partial charge >= 0.3 is 11.9 Å². The van der Waals surface area contributed by atoms with E-state index in [9.17, 15) is 18.0 Å². The molecule has 25 heavy (non-hydrogen) atoms. The highest BCUT2D eigenvalue weighted by atomic mass is 32.2. The number of hydrogen-bond acceptors (Lipinski definition) is 6. The lowest BCUT2D eigenvalue weighted by Gasteiger charge is -2.23. The van der Waals surface area contributed by atoms with Gasteiger partial charge in [-0.15, -0.1) is 0 Å². The van der Waals surface area contributed by atoms with Gasteiger partial charge in [0.1, 0.15) is 0 Å². The molecular weight excluding hydrogens is 346 g/mol. The Kier molecular flexibility index (Phi) is 4.42. The van der Waals surface area contributed by atoms with Gasteiger partial charge in [-0.25, -0.2) is 18.0 Å². The Hall–Kier alpha value is -2.19. The summed E-state index contributed by atoms with van der Waals surface area (Å²) in [6.07, 6.45) is 0.918. The minimum Gasteiger partial charge on any atom is -0.466 e. The van der Waals surface area contributed by atoms with E-state index in [0.29, 0.717) is 12.8 Å². The molecular formula is C17H19NO6S. The molecule has 2 atom stereocenters. The van der Waals surface area contributed by atoms with Crippen LogP contribution in [0.2, 0.25) is 0 Å². The van der Waals surface area contributed by atoms with Gasteiger partial charge in [0.15, 0.2) is 0 Å². The lowest BCUT2D eigenvalue weighted by molar-refractivity contribution is -0.139. The topological polar surface area (TPSA) is 90.0 Å². The molecule has 1 saturated heterocycles. The Balaban J connectivity index is 2.08. The maximum Gasteiger partial charge on any atom is 0.335 e. The van der Waals surface area contributed by atoms with Crippen LogP contribution in [-0.4, -0.2) is 51.0 Å². The normalized spacial score (nSPS) is 23.0. The van der Waals surface area contributed by atoms with Crippen molar-refractivity contribution < 1.29 is 27.5 Å². The molecule has 2 aliphatic heterocycles. The van der Waals surface area contributed by atoms with E-state index in [1.165, 1.54) is 30.7 Å². The maximum atomic E-state index is 13.1. The molecule has 0 unspecified atom stereocenters. The first-order valence-electron chi connectivity index (χ1n) is 7.83. The fraction of sp³-hybridized carbons (Fsp3) is 0.412. The number of methoxy groups -OCH3 is 2. The Morgan fingerprint density at radius 3 is 1.80 bits per heavy atom. The summed E-state index contributed by atoms with van der Waals surface area (Å²) in [5.74, 6) is -1.39. The standard InChI is InChI=1S/C17H19NO6S/c1-10-4-6-11(7-5-10)25(21,22)18-12-8-9-13(18)15(17(20)24-3)14(12)16(19)23-2/h4-7,12-13H,8-9H2,1-3H3/t12-,13+. The number of sulfonamides is 1. The van der Waals surface area contributed by atoms with E-state index in [4.69, 9.17) is 9.47 Å². The van der Waals surface area contributed by atoms with Crippen LogP contribution in [0.5, 0.6) is 0 Å². The number of hydrogen-bond donors (Lipinski definition) is 0. The molecule has 2 aliphatic rings. The van der Waals surface area contributed by atoms with Crippen molar-refractivity contribution in [2.45, 2.75) is 36.7 Å². The lowest BCUT2D eigenvalue weighted by Crippen LogP contribution is -2.38. The number of nitrogens with zero attached hydrogens (tertiary/aromatic N) is 1. The van der Waals surface area contributed by atoms with E-state index in [2.05, 4.69) is 0 Å². The van der Waals surface area contributed by atoms with Crippen molar-refractivity contribution in [2.24, 2.45) is 0 Å². The van der Waals surface area contributed by atoms with E-state index in [-0.39, 0.29) is 16.0 Å². The number of carbonyl (C=O) groups is 2. The molecule has 134 valence electrons. The van der Waals surface area contributed by atoms with Crippen LogP contribution in [-0.2, 0) is 29.1 Å². The molecule has 0 amide bonds. The Labute approximate surface area is 146 Å². The summed E-state index contributed by atoms with van der Waals surface area (Å²) in [6.45, 7) is 1.86. The fourth-order valence-electron chi connectivity index (χ4n) is 3.57. The molecule has 1 aromatic carbocycles. The monoisotopic (exact) mass is 365 g/mol. The van der Waals surface area contributed by atoms with Crippen molar-refractivity contribution >= 4 is 22.0 Å². The van der Waals surface area contributed by atoms with Crippen LogP contribution in [0.1, 0.15) is 18.4 Å². The van der Waals surface area contributed by atoms with E-state index < -0.39 is 34.0 Å². The van der Waals surface area contributed by atoms with Crippen LogP contribution < -0.4 is 0 Å². The summed E-state index contributed by atoms with van der Waals surface area (Å²) < 4.78 is 37.0. The largest absolute Gasteiger partial charge is 0.466 e. The zero-order valence-electron chi connectivity index (χ0n) is 14.2. The molecule has 0 radical (unpaired) electrons. The van der Waals surface area contributed by atoms with Gasteiger partial charge in [-0.3, -0.25) is 0 Å². The maximum absolute atomic E-state index is 13.1. The number of benzene rings is 1. The van der Waals surface area contributed by atoms with Crippen LogP contribution in [0.25, 0.3) is 0 Å². The Morgan fingerprint density at radius 1 is 0.960 bits per heavy atom. The number of esters is 2. The second-order valence-electron chi connectivity index (χ2n) is 6.07. The number of fused-ring (bicyclic) bond motifs is 2. The predicted octanol–water partition coefficient (Wildman–Crippen LogP) is 1.17. The van der Waals surface area contributed by atoms with Gasteiger partial charge in [0.2, 0.25) is 10.0 Å². The van der Waals surface area contributed by atoms with Crippen LogP contribution in [0.3, 0.4) is 0 Å². The van der Waals surface area contributed by atoms with Crippen LogP contribution >= 0.6 is 0 Å². The molecule has 0 saturated carbocycles. The summed E-state index contributed by atoms with van der Waals surface area (Å²) in [5, 5.41) is 0. The highest BCUT2D eigenvalue weighted by Crippen LogP contribution is 2.46. The van der Waals surface area contributed by atoms with E-state index in [1.807, 2.05) is 6.92 Å². The molecule has 8 heteroatoms. The van der Waals surface area contributed by atoms with Gasteiger partial charge < -0.3 is 9.47 Å². The van der Waals surface area contributed by atoms with Gasteiger partial charge in [0.05, 0.1) is 42.3 Å². The molecule has 2 bridgehead atoms. The highest BCUT2D eigenvalue weighted by Gasteiger charge is 2.56. The first kappa shape index (κ1) is 17.6. The third-order valence-electron chi connectivity index (χ3n) is 4.69. The molecule has 0 N–H and O–H groups in total. The molecule has 1 fully saturated rings.